The smallest absolute Gasteiger partial charge is 0.0991 e. The van der Waals surface area contributed by atoms with Crippen molar-refractivity contribution in [3.63, 3.8) is 0 Å². The molecule has 0 radical (unpaired) electrons. The van der Waals surface area contributed by atoms with Crippen molar-refractivity contribution in [2.45, 2.75) is 0 Å². The molecule has 0 aliphatic rings. The molecule has 1 heterocycles. The van der Waals surface area contributed by atoms with Gasteiger partial charge in [0.05, 0.1) is 22.7 Å². The van der Waals surface area contributed by atoms with Crippen LogP contribution in [0.2, 0.25) is 0 Å². The van der Waals surface area contributed by atoms with Gasteiger partial charge in [0.1, 0.15) is 0 Å². The Balaban J connectivity index is 1.70. The maximum atomic E-state index is 9.21. The highest BCUT2D eigenvalue weighted by Crippen LogP contribution is 2.41. The van der Waals surface area contributed by atoms with E-state index in [-0.39, 0.29) is 0 Å². The monoisotopic (exact) mass is 420 g/mol. The van der Waals surface area contributed by atoms with E-state index in [4.69, 9.17) is 0 Å². The molecule has 0 spiro atoms. The highest BCUT2D eigenvalue weighted by molar-refractivity contribution is 6.14. The van der Waals surface area contributed by atoms with Crippen LogP contribution in [0.3, 0.4) is 0 Å². The largest absolute Gasteiger partial charge is 0.309 e. The zero-order chi connectivity index (χ0) is 22.2. The molecule has 0 saturated heterocycles. The van der Waals surface area contributed by atoms with Crippen LogP contribution in [0, 0.1) is 11.3 Å². The molecule has 6 aromatic rings. The maximum Gasteiger partial charge on any atom is 0.0991 e. The van der Waals surface area contributed by atoms with Gasteiger partial charge in [0.25, 0.3) is 0 Å². The van der Waals surface area contributed by atoms with Crippen molar-refractivity contribution in [3.8, 4) is 34.0 Å². The van der Waals surface area contributed by atoms with E-state index in [9.17, 15) is 5.26 Å². The Morgan fingerprint density at radius 3 is 1.94 bits per heavy atom. The number of nitriles is 1. The number of nitrogens with zero attached hydrogens (tertiary/aromatic N) is 2. The van der Waals surface area contributed by atoms with Crippen molar-refractivity contribution in [2.75, 3.05) is 0 Å². The topological polar surface area (TPSA) is 28.7 Å². The van der Waals surface area contributed by atoms with Gasteiger partial charge in [-0.15, -0.1) is 0 Å². The lowest BCUT2D eigenvalue weighted by Crippen LogP contribution is -1.95. The molecule has 0 aliphatic heterocycles. The molecule has 154 valence electrons. The molecule has 33 heavy (non-hydrogen) atoms. The molecule has 0 saturated carbocycles. The third kappa shape index (κ3) is 3.11. The van der Waals surface area contributed by atoms with Gasteiger partial charge >= 0.3 is 0 Å². The van der Waals surface area contributed by atoms with Gasteiger partial charge < -0.3 is 4.57 Å². The summed E-state index contributed by atoms with van der Waals surface area (Å²) in [6.45, 7) is 0. The van der Waals surface area contributed by atoms with Crippen molar-refractivity contribution in [2.24, 2.45) is 0 Å². The van der Waals surface area contributed by atoms with E-state index in [2.05, 4.69) is 108 Å². The SMILES string of the molecule is N#Cc1ccc(-c2ccccc2-c2cccc3c4ccccc4n(-c4ccccc4)c23)cc1. The Bertz CT molecular complexity index is 1650. The first-order valence-electron chi connectivity index (χ1n) is 11.0. The standard InChI is InChI=1S/C31H20N2/c32-21-22-17-19-23(20-18-22)25-11-4-5-12-26(25)28-14-8-15-29-27-13-6-7-16-30(27)33(31(28)29)24-9-2-1-3-10-24/h1-20H. The van der Waals surface area contributed by atoms with Crippen LogP contribution in [0.15, 0.2) is 121 Å². The molecule has 5 aromatic carbocycles. The molecule has 0 atom stereocenters. The molecule has 0 amide bonds. The summed E-state index contributed by atoms with van der Waals surface area (Å²) in [5.74, 6) is 0. The molecule has 1 aromatic heterocycles. The molecule has 0 bridgehead atoms. The van der Waals surface area contributed by atoms with Crippen molar-refractivity contribution in [1.82, 2.24) is 4.57 Å². The molecule has 2 nitrogen and oxygen atoms in total. The number of hydrogen-bond donors (Lipinski definition) is 0. The molecule has 0 fully saturated rings. The quantitative estimate of drug-likeness (QED) is 0.285. The van der Waals surface area contributed by atoms with Crippen molar-refractivity contribution in [3.05, 3.63) is 127 Å². The first-order valence-corrected chi connectivity index (χ1v) is 11.0. The molecular formula is C31H20N2. The van der Waals surface area contributed by atoms with Gasteiger partial charge in [0.15, 0.2) is 0 Å². The zero-order valence-electron chi connectivity index (χ0n) is 17.9. The third-order valence-electron chi connectivity index (χ3n) is 6.25. The molecule has 0 N–H and O–H groups in total. The van der Waals surface area contributed by atoms with Crippen LogP contribution >= 0.6 is 0 Å². The van der Waals surface area contributed by atoms with E-state index >= 15 is 0 Å². The van der Waals surface area contributed by atoms with Crippen LogP contribution in [0.1, 0.15) is 5.56 Å². The Hall–Kier alpha value is -4.61. The van der Waals surface area contributed by atoms with Crippen molar-refractivity contribution < 1.29 is 0 Å². The second-order valence-electron chi connectivity index (χ2n) is 8.12. The first-order chi connectivity index (χ1) is 16.3. The van der Waals surface area contributed by atoms with Crippen LogP contribution in [0.4, 0.5) is 0 Å². The fraction of sp³-hybridized carbons (Fsp3) is 0. The lowest BCUT2D eigenvalue weighted by molar-refractivity contribution is 1.18. The maximum absolute atomic E-state index is 9.21. The minimum Gasteiger partial charge on any atom is -0.309 e. The molecule has 0 unspecified atom stereocenters. The highest BCUT2D eigenvalue weighted by Gasteiger charge is 2.17. The fourth-order valence-corrected chi connectivity index (χ4v) is 4.78. The predicted molar refractivity (Wildman–Crippen MR) is 136 cm³/mol. The van der Waals surface area contributed by atoms with Crippen LogP contribution in [0.25, 0.3) is 49.7 Å². The summed E-state index contributed by atoms with van der Waals surface area (Å²) in [4.78, 5) is 0. The molecular weight excluding hydrogens is 400 g/mol. The molecule has 0 aliphatic carbocycles. The fourth-order valence-electron chi connectivity index (χ4n) is 4.78. The van der Waals surface area contributed by atoms with E-state index in [1.54, 1.807) is 0 Å². The second kappa shape index (κ2) is 7.82. The van der Waals surface area contributed by atoms with Gasteiger partial charge in [-0.3, -0.25) is 0 Å². The Morgan fingerprint density at radius 2 is 1.15 bits per heavy atom. The van der Waals surface area contributed by atoms with E-state index in [1.165, 1.54) is 32.9 Å². The van der Waals surface area contributed by atoms with Gasteiger partial charge in [0.2, 0.25) is 0 Å². The molecule has 6 rings (SSSR count). The minimum atomic E-state index is 0.669. The van der Waals surface area contributed by atoms with Gasteiger partial charge in [0, 0.05) is 22.0 Å². The summed E-state index contributed by atoms with van der Waals surface area (Å²) >= 11 is 0. The Morgan fingerprint density at radius 1 is 0.515 bits per heavy atom. The summed E-state index contributed by atoms with van der Waals surface area (Å²) in [7, 11) is 0. The number of fused-ring (bicyclic) bond motifs is 3. The van der Waals surface area contributed by atoms with Crippen LogP contribution in [-0.2, 0) is 0 Å². The highest BCUT2D eigenvalue weighted by atomic mass is 15.0. The number of hydrogen-bond acceptors (Lipinski definition) is 1. The predicted octanol–water partition coefficient (Wildman–Crippen LogP) is 7.99. The van der Waals surface area contributed by atoms with E-state index < -0.39 is 0 Å². The first kappa shape index (κ1) is 19.1. The van der Waals surface area contributed by atoms with Crippen LogP contribution < -0.4 is 0 Å². The summed E-state index contributed by atoms with van der Waals surface area (Å²) in [5, 5.41) is 11.7. The van der Waals surface area contributed by atoms with E-state index in [0.717, 1.165) is 16.8 Å². The summed E-state index contributed by atoms with van der Waals surface area (Å²) in [5.41, 5.74) is 8.83. The van der Waals surface area contributed by atoms with Crippen LogP contribution in [0.5, 0.6) is 0 Å². The zero-order valence-corrected chi connectivity index (χ0v) is 17.9. The van der Waals surface area contributed by atoms with E-state index in [0.29, 0.717) is 5.56 Å². The second-order valence-corrected chi connectivity index (χ2v) is 8.12. The Labute approximate surface area is 192 Å². The average molecular weight is 421 g/mol. The van der Waals surface area contributed by atoms with Gasteiger partial charge in [-0.05, 0) is 47.0 Å². The van der Waals surface area contributed by atoms with Crippen LogP contribution in [-0.4, -0.2) is 4.57 Å². The number of rotatable bonds is 3. The normalized spacial score (nSPS) is 11.0. The lowest BCUT2D eigenvalue weighted by atomic mass is 9.93. The summed E-state index contributed by atoms with van der Waals surface area (Å²) in [6.07, 6.45) is 0. The van der Waals surface area contributed by atoms with Crippen molar-refractivity contribution in [1.29, 1.82) is 5.26 Å². The number of benzene rings is 5. The van der Waals surface area contributed by atoms with Crippen molar-refractivity contribution >= 4 is 21.8 Å². The van der Waals surface area contributed by atoms with E-state index in [1.807, 2.05) is 24.3 Å². The third-order valence-corrected chi connectivity index (χ3v) is 6.25. The van der Waals surface area contributed by atoms with Gasteiger partial charge in [-0.1, -0.05) is 91.0 Å². The minimum absolute atomic E-state index is 0.669. The number of aromatic nitrogens is 1. The van der Waals surface area contributed by atoms with Gasteiger partial charge in [-0.2, -0.15) is 5.26 Å². The average Bonchev–Trinajstić information content (AvgIpc) is 3.24. The molecule has 2 heteroatoms. The number of para-hydroxylation sites is 3. The van der Waals surface area contributed by atoms with Gasteiger partial charge in [-0.25, -0.2) is 0 Å². The lowest BCUT2D eigenvalue weighted by Gasteiger charge is -2.15. The summed E-state index contributed by atoms with van der Waals surface area (Å²) < 4.78 is 2.37. The Kier molecular flexibility index (Phi) is 4.53. The summed E-state index contributed by atoms with van der Waals surface area (Å²) in [6, 6.07) is 44.3.